The number of imidazole rings is 1. The fourth-order valence-electron chi connectivity index (χ4n) is 2.91. The van der Waals surface area contributed by atoms with Crippen LogP contribution in [0, 0.1) is 0 Å². The number of amides is 2. The number of benzene rings is 1. The molecule has 1 fully saturated rings. The predicted molar refractivity (Wildman–Crippen MR) is 91.2 cm³/mol. The van der Waals surface area contributed by atoms with Crippen LogP contribution in [0.15, 0.2) is 54.9 Å². The van der Waals surface area contributed by atoms with E-state index < -0.39 is 0 Å². The van der Waals surface area contributed by atoms with E-state index in [1.165, 1.54) is 0 Å². The van der Waals surface area contributed by atoms with Crippen LogP contribution in [-0.2, 0) is 4.79 Å². The van der Waals surface area contributed by atoms with Gasteiger partial charge in [-0.15, -0.1) is 0 Å². The number of pyridine rings is 1. The van der Waals surface area contributed by atoms with E-state index in [-0.39, 0.29) is 11.8 Å². The summed E-state index contributed by atoms with van der Waals surface area (Å²) in [6.07, 6.45) is 4.99. The molecule has 24 heavy (non-hydrogen) atoms. The lowest BCUT2D eigenvalue weighted by Crippen LogP contribution is -2.23. The Balaban J connectivity index is 1.56. The molecule has 3 heterocycles. The Morgan fingerprint density at radius 1 is 1.17 bits per heavy atom. The molecule has 0 radical (unpaired) electrons. The van der Waals surface area contributed by atoms with E-state index in [1.807, 2.05) is 42.6 Å². The largest absolute Gasteiger partial charge is 0.321 e. The summed E-state index contributed by atoms with van der Waals surface area (Å²) in [6, 6.07) is 12.9. The summed E-state index contributed by atoms with van der Waals surface area (Å²) >= 11 is 0. The molecule has 2 aromatic heterocycles. The van der Waals surface area contributed by atoms with E-state index >= 15 is 0 Å². The van der Waals surface area contributed by atoms with Crippen molar-refractivity contribution < 1.29 is 9.59 Å². The van der Waals surface area contributed by atoms with Gasteiger partial charge in [0, 0.05) is 36.7 Å². The number of fused-ring (bicyclic) bond motifs is 1. The molecule has 120 valence electrons. The molecule has 1 aliphatic heterocycles. The van der Waals surface area contributed by atoms with E-state index in [0.29, 0.717) is 17.8 Å². The van der Waals surface area contributed by atoms with Crippen molar-refractivity contribution in [3.63, 3.8) is 0 Å². The molecule has 0 bridgehead atoms. The highest BCUT2D eigenvalue weighted by Gasteiger charge is 2.22. The number of carbonyl (C=O) groups excluding carboxylic acids is 2. The van der Waals surface area contributed by atoms with Crippen LogP contribution in [0.5, 0.6) is 0 Å². The molecule has 0 atom stereocenters. The van der Waals surface area contributed by atoms with Gasteiger partial charge >= 0.3 is 0 Å². The predicted octanol–water partition coefficient (Wildman–Crippen LogP) is 2.71. The summed E-state index contributed by atoms with van der Waals surface area (Å²) < 4.78 is 1.80. The van der Waals surface area contributed by atoms with Gasteiger partial charge in [-0.05, 0) is 36.8 Å². The molecule has 0 spiro atoms. The Morgan fingerprint density at radius 3 is 2.88 bits per heavy atom. The van der Waals surface area contributed by atoms with Crippen LogP contribution in [0.3, 0.4) is 0 Å². The van der Waals surface area contributed by atoms with Crippen molar-refractivity contribution in [2.75, 3.05) is 16.8 Å². The number of aromatic nitrogens is 2. The van der Waals surface area contributed by atoms with Gasteiger partial charge in [0.25, 0.3) is 5.91 Å². The summed E-state index contributed by atoms with van der Waals surface area (Å²) in [4.78, 5) is 30.3. The number of nitrogens with zero attached hydrogens (tertiary/aromatic N) is 3. The summed E-state index contributed by atoms with van der Waals surface area (Å²) in [6.45, 7) is 0.725. The zero-order valence-electron chi connectivity index (χ0n) is 13.0. The van der Waals surface area contributed by atoms with E-state index in [1.54, 1.807) is 21.6 Å². The summed E-state index contributed by atoms with van der Waals surface area (Å²) in [5.41, 5.74) is 2.53. The van der Waals surface area contributed by atoms with Crippen molar-refractivity contribution >= 4 is 28.8 Å². The van der Waals surface area contributed by atoms with E-state index in [9.17, 15) is 9.59 Å². The number of rotatable bonds is 3. The number of hydrogen-bond acceptors (Lipinski definition) is 3. The highest BCUT2D eigenvalue weighted by molar-refractivity contribution is 6.04. The lowest BCUT2D eigenvalue weighted by atomic mass is 10.2. The maximum atomic E-state index is 12.4. The highest BCUT2D eigenvalue weighted by atomic mass is 16.2. The van der Waals surface area contributed by atoms with Gasteiger partial charge in [-0.2, -0.15) is 0 Å². The first-order chi connectivity index (χ1) is 11.7. The van der Waals surface area contributed by atoms with Crippen LogP contribution in [-0.4, -0.2) is 27.7 Å². The van der Waals surface area contributed by atoms with Gasteiger partial charge in [0.2, 0.25) is 5.91 Å². The van der Waals surface area contributed by atoms with Gasteiger partial charge in [-0.25, -0.2) is 4.98 Å². The molecular formula is C18H16N4O2. The fourth-order valence-corrected chi connectivity index (χ4v) is 2.91. The molecule has 0 unspecified atom stereocenters. The topological polar surface area (TPSA) is 66.7 Å². The van der Waals surface area contributed by atoms with Gasteiger partial charge in [0.1, 0.15) is 11.3 Å². The van der Waals surface area contributed by atoms with Gasteiger partial charge in [-0.1, -0.05) is 12.1 Å². The number of anilines is 2. The van der Waals surface area contributed by atoms with Crippen molar-refractivity contribution in [3.05, 3.63) is 60.6 Å². The summed E-state index contributed by atoms with van der Waals surface area (Å²) in [5, 5.41) is 2.85. The van der Waals surface area contributed by atoms with Crippen molar-refractivity contribution in [2.24, 2.45) is 0 Å². The number of carbonyl (C=O) groups is 2. The zero-order chi connectivity index (χ0) is 16.5. The molecule has 6 heteroatoms. The molecule has 0 aliphatic carbocycles. The van der Waals surface area contributed by atoms with Crippen LogP contribution in [0.4, 0.5) is 11.4 Å². The van der Waals surface area contributed by atoms with E-state index in [0.717, 1.165) is 24.3 Å². The minimum absolute atomic E-state index is 0.124. The minimum Gasteiger partial charge on any atom is -0.321 e. The number of nitrogens with one attached hydrogen (secondary N) is 1. The third kappa shape index (κ3) is 2.62. The number of hydrogen-bond donors (Lipinski definition) is 1. The molecule has 1 N–H and O–H groups in total. The third-order valence-electron chi connectivity index (χ3n) is 4.09. The van der Waals surface area contributed by atoms with E-state index in [4.69, 9.17) is 0 Å². The van der Waals surface area contributed by atoms with Crippen LogP contribution in [0.2, 0.25) is 0 Å². The SMILES string of the molecule is O=C(Nc1cccc(N2CCCC2=O)c1)c1cn2ccccc2n1. The normalized spacial score (nSPS) is 14.3. The Morgan fingerprint density at radius 2 is 2.08 bits per heavy atom. The maximum Gasteiger partial charge on any atom is 0.275 e. The fraction of sp³-hybridized carbons (Fsp3) is 0.167. The standard InChI is InChI=1S/C18H16N4O2/c23-17-8-4-10-22(17)14-6-3-5-13(11-14)19-18(24)15-12-21-9-2-1-7-16(21)20-15/h1-3,5-7,9,11-12H,4,8,10H2,(H,19,24). The quantitative estimate of drug-likeness (QED) is 0.807. The molecule has 1 aliphatic rings. The van der Waals surface area contributed by atoms with Crippen LogP contribution >= 0.6 is 0 Å². The van der Waals surface area contributed by atoms with Crippen molar-refractivity contribution in [3.8, 4) is 0 Å². The lowest BCUT2D eigenvalue weighted by Gasteiger charge is -2.16. The van der Waals surface area contributed by atoms with Gasteiger partial charge in [0.05, 0.1) is 0 Å². The molecular weight excluding hydrogens is 304 g/mol. The first-order valence-corrected chi connectivity index (χ1v) is 7.86. The van der Waals surface area contributed by atoms with Gasteiger partial charge in [-0.3, -0.25) is 9.59 Å². The Labute approximate surface area is 138 Å². The average molecular weight is 320 g/mol. The molecule has 3 aromatic rings. The second kappa shape index (κ2) is 5.81. The van der Waals surface area contributed by atoms with Gasteiger partial charge < -0.3 is 14.6 Å². The molecule has 2 amide bonds. The van der Waals surface area contributed by atoms with Crippen molar-refractivity contribution in [2.45, 2.75) is 12.8 Å². The zero-order valence-corrected chi connectivity index (χ0v) is 13.0. The first kappa shape index (κ1) is 14.4. The smallest absolute Gasteiger partial charge is 0.275 e. The average Bonchev–Trinajstić information content (AvgIpc) is 3.21. The second-order valence-corrected chi connectivity index (χ2v) is 5.75. The molecule has 1 saturated heterocycles. The van der Waals surface area contributed by atoms with Crippen LogP contribution in [0.1, 0.15) is 23.3 Å². The highest BCUT2D eigenvalue weighted by Crippen LogP contribution is 2.24. The molecule has 1 aromatic carbocycles. The first-order valence-electron chi connectivity index (χ1n) is 7.86. The van der Waals surface area contributed by atoms with E-state index in [2.05, 4.69) is 10.3 Å². The van der Waals surface area contributed by atoms with Crippen LogP contribution < -0.4 is 10.2 Å². The van der Waals surface area contributed by atoms with Crippen molar-refractivity contribution in [1.82, 2.24) is 9.38 Å². The molecule has 6 nitrogen and oxygen atoms in total. The van der Waals surface area contributed by atoms with Gasteiger partial charge in [0.15, 0.2) is 0 Å². The Hall–Kier alpha value is -3.15. The Kier molecular flexibility index (Phi) is 3.49. The summed E-state index contributed by atoms with van der Waals surface area (Å²) in [5.74, 6) is -0.151. The van der Waals surface area contributed by atoms with Crippen LogP contribution in [0.25, 0.3) is 5.65 Å². The monoisotopic (exact) mass is 320 g/mol. The molecule has 0 saturated carbocycles. The minimum atomic E-state index is -0.274. The lowest BCUT2D eigenvalue weighted by molar-refractivity contribution is -0.117. The summed E-state index contributed by atoms with van der Waals surface area (Å²) in [7, 11) is 0. The Bertz CT molecular complexity index is 898. The third-order valence-corrected chi connectivity index (χ3v) is 4.09. The van der Waals surface area contributed by atoms with Crippen molar-refractivity contribution in [1.29, 1.82) is 0 Å². The molecule has 4 rings (SSSR count). The second-order valence-electron chi connectivity index (χ2n) is 5.75. The maximum absolute atomic E-state index is 12.4.